The summed E-state index contributed by atoms with van der Waals surface area (Å²) >= 11 is 1.46. The molecule has 1 aromatic carbocycles. The summed E-state index contributed by atoms with van der Waals surface area (Å²) in [6, 6.07) is 10.1. The first-order chi connectivity index (χ1) is 12.2. The van der Waals surface area contributed by atoms with E-state index in [4.69, 9.17) is 0 Å². The summed E-state index contributed by atoms with van der Waals surface area (Å²) in [5, 5.41) is 9.05. The summed E-state index contributed by atoms with van der Waals surface area (Å²) in [6.07, 6.45) is 2.60. The molecule has 0 bridgehead atoms. The Bertz CT molecular complexity index is 692. The topological polar surface area (TPSA) is 61.4 Å². The van der Waals surface area contributed by atoms with E-state index in [0.717, 1.165) is 12.1 Å². The maximum Gasteiger partial charge on any atom is 0.252 e. The van der Waals surface area contributed by atoms with Gasteiger partial charge in [-0.2, -0.15) is 11.3 Å². The molecule has 0 unspecified atom stereocenters. The van der Waals surface area contributed by atoms with Crippen LogP contribution >= 0.6 is 11.3 Å². The van der Waals surface area contributed by atoms with Gasteiger partial charge in [-0.25, -0.2) is 0 Å². The lowest BCUT2D eigenvalue weighted by molar-refractivity contribution is -0.120. The Kier molecular flexibility index (Phi) is 6.19. The van der Waals surface area contributed by atoms with Crippen molar-refractivity contribution in [1.82, 2.24) is 15.5 Å². The highest BCUT2D eigenvalue weighted by Crippen LogP contribution is 2.13. The Morgan fingerprint density at radius 1 is 1.00 bits per heavy atom. The largest absolute Gasteiger partial charge is 0.350 e. The molecule has 3 rings (SSSR count). The summed E-state index contributed by atoms with van der Waals surface area (Å²) in [6.45, 7) is 3.84. The second-order valence-electron chi connectivity index (χ2n) is 6.27. The zero-order valence-electron chi connectivity index (χ0n) is 14.2. The normalized spacial score (nSPS) is 14.4. The lowest BCUT2D eigenvalue weighted by Gasteiger charge is -2.14. The molecule has 1 aliphatic rings. The smallest absolute Gasteiger partial charge is 0.252 e. The molecule has 0 radical (unpaired) electrons. The van der Waals surface area contributed by atoms with Crippen LogP contribution in [0.15, 0.2) is 41.1 Å². The molecule has 132 valence electrons. The zero-order chi connectivity index (χ0) is 17.5. The standard InChI is InChI=1S/C19H23N3O2S/c23-18(12-21-19(24)17-7-10-25-14-17)20-11-15-3-5-16(6-4-15)13-22-8-1-2-9-22/h3-7,10,14H,1-2,8-9,11-13H2,(H,20,23)(H,21,24). The molecular weight excluding hydrogens is 334 g/mol. The third-order valence-electron chi connectivity index (χ3n) is 4.31. The molecule has 0 spiro atoms. The number of carbonyl (C=O) groups excluding carboxylic acids is 2. The van der Waals surface area contributed by atoms with Gasteiger partial charge < -0.3 is 10.6 Å². The molecular formula is C19H23N3O2S. The average molecular weight is 357 g/mol. The molecule has 2 amide bonds. The summed E-state index contributed by atoms with van der Waals surface area (Å²) < 4.78 is 0. The summed E-state index contributed by atoms with van der Waals surface area (Å²) in [5.74, 6) is -0.410. The Morgan fingerprint density at radius 3 is 2.40 bits per heavy atom. The minimum absolute atomic E-state index is 0.0122. The fraction of sp³-hybridized carbons (Fsp3) is 0.368. The summed E-state index contributed by atoms with van der Waals surface area (Å²) in [4.78, 5) is 26.1. The predicted molar refractivity (Wildman–Crippen MR) is 99.5 cm³/mol. The van der Waals surface area contributed by atoms with E-state index in [1.54, 1.807) is 11.4 Å². The Morgan fingerprint density at radius 2 is 1.72 bits per heavy atom. The van der Waals surface area contributed by atoms with Crippen LogP contribution in [0.1, 0.15) is 34.3 Å². The van der Waals surface area contributed by atoms with Crippen molar-refractivity contribution in [3.63, 3.8) is 0 Å². The van der Waals surface area contributed by atoms with E-state index < -0.39 is 0 Å². The highest BCUT2D eigenvalue weighted by Gasteiger charge is 2.11. The number of nitrogens with one attached hydrogen (secondary N) is 2. The fourth-order valence-corrected chi connectivity index (χ4v) is 3.52. The SMILES string of the molecule is O=C(CNC(=O)c1ccsc1)NCc1ccc(CN2CCCC2)cc1. The second kappa shape index (κ2) is 8.78. The molecule has 6 heteroatoms. The van der Waals surface area contributed by atoms with E-state index in [2.05, 4.69) is 39.8 Å². The lowest BCUT2D eigenvalue weighted by Crippen LogP contribution is -2.36. The maximum atomic E-state index is 11.9. The van der Waals surface area contributed by atoms with Gasteiger partial charge in [0.2, 0.25) is 5.91 Å². The van der Waals surface area contributed by atoms with Crippen molar-refractivity contribution in [1.29, 1.82) is 0 Å². The number of rotatable bonds is 7. The van der Waals surface area contributed by atoms with Gasteiger partial charge in [0.25, 0.3) is 5.91 Å². The number of amides is 2. The van der Waals surface area contributed by atoms with Crippen LogP contribution in [0.25, 0.3) is 0 Å². The van der Waals surface area contributed by atoms with Crippen LogP contribution in [0.3, 0.4) is 0 Å². The second-order valence-corrected chi connectivity index (χ2v) is 7.05. The number of likely N-dealkylation sites (tertiary alicyclic amines) is 1. The van der Waals surface area contributed by atoms with Crippen molar-refractivity contribution in [2.75, 3.05) is 19.6 Å². The van der Waals surface area contributed by atoms with Crippen LogP contribution in [0.2, 0.25) is 0 Å². The van der Waals surface area contributed by atoms with Gasteiger partial charge in [-0.3, -0.25) is 14.5 Å². The summed E-state index contributed by atoms with van der Waals surface area (Å²) in [7, 11) is 0. The third-order valence-corrected chi connectivity index (χ3v) is 4.99. The van der Waals surface area contributed by atoms with Crippen LogP contribution in [0.4, 0.5) is 0 Å². The molecule has 1 aliphatic heterocycles. The minimum atomic E-state index is -0.220. The molecule has 1 fully saturated rings. The number of hydrogen-bond donors (Lipinski definition) is 2. The maximum absolute atomic E-state index is 11.9. The number of benzene rings is 1. The molecule has 1 saturated heterocycles. The molecule has 5 nitrogen and oxygen atoms in total. The average Bonchev–Trinajstić information content (AvgIpc) is 3.33. The summed E-state index contributed by atoms with van der Waals surface area (Å²) in [5.41, 5.74) is 2.95. The number of hydrogen-bond acceptors (Lipinski definition) is 4. The van der Waals surface area contributed by atoms with Gasteiger partial charge in [-0.1, -0.05) is 24.3 Å². The third kappa shape index (κ3) is 5.41. The quantitative estimate of drug-likeness (QED) is 0.800. The highest BCUT2D eigenvalue weighted by molar-refractivity contribution is 7.08. The molecule has 1 aromatic heterocycles. The Hall–Kier alpha value is -2.18. The van der Waals surface area contributed by atoms with E-state index in [0.29, 0.717) is 12.1 Å². The first-order valence-corrected chi connectivity index (χ1v) is 9.52. The first kappa shape index (κ1) is 17.6. The molecule has 0 aliphatic carbocycles. The van der Waals surface area contributed by atoms with Crippen molar-refractivity contribution >= 4 is 23.2 Å². The predicted octanol–water partition coefficient (Wildman–Crippen LogP) is 2.39. The van der Waals surface area contributed by atoms with Crippen molar-refractivity contribution < 1.29 is 9.59 Å². The number of thiophene rings is 1. The lowest BCUT2D eigenvalue weighted by atomic mass is 10.1. The van der Waals surface area contributed by atoms with Gasteiger partial charge in [0.1, 0.15) is 0 Å². The molecule has 2 N–H and O–H groups in total. The van der Waals surface area contributed by atoms with Gasteiger partial charge in [0, 0.05) is 24.0 Å². The molecule has 2 heterocycles. The van der Waals surface area contributed by atoms with Crippen LogP contribution < -0.4 is 10.6 Å². The van der Waals surface area contributed by atoms with E-state index in [1.165, 1.54) is 42.8 Å². The van der Waals surface area contributed by atoms with Crippen molar-refractivity contribution in [3.05, 3.63) is 57.8 Å². The van der Waals surface area contributed by atoms with Gasteiger partial charge in [-0.05, 0) is 48.5 Å². The van der Waals surface area contributed by atoms with E-state index >= 15 is 0 Å². The monoisotopic (exact) mass is 357 g/mol. The van der Waals surface area contributed by atoms with Crippen molar-refractivity contribution in [3.8, 4) is 0 Å². The van der Waals surface area contributed by atoms with Crippen LogP contribution in [-0.2, 0) is 17.9 Å². The minimum Gasteiger partial charge on any atom is -0.350 e. The molecule has 25 heavy (non-hydrogen) atoms. The van der Waals surface area contributed by atoms with E-state index in [9.17, 15) is 9.59 Å². The van der Waals surface area contributed by atoms with Gasteiger partial charge in [0.05, 0.1) is 6.54 Å². The van der Waals surface area contributed by atoms with Crippen LogP contribution in [0, 0.1) is 0 Å². The van der Waals surface area contributed by atoms with Crippen molar-refractivity contribution in [2.45, 2.75) is 25.9 Å². The Balaban J connectivity index is 1.38. The van der Waals surface area contributed by atoms with Gasteiger partial charge in [0.15, 0.2) is 0 Å². The first-order valence-electron chi connectivity index (χ1n) is 8.58. The Labute approximate surface area is 152 Å². The number of carbonyl (C=O) groups is 2. The molecule has 0 saturated carbocycles. The van der Waals surface area contributed by atoms with Crippen LogP contribution in [0.5, 0.6) is 0 Å². The van der Waals surface area contributed by atoms with Gasteiger partial charge in [-0.15, -0.1) is 0 Å². The van der Waals surface area contributed by atoms with Crippen LogP contribution in [-0.4, -0.2) is 36.3 Å². The zero-order valence-corrected chi connectivity index (χ0v) is 15.0. The highest BCUT2D eigenvalue weighted by atomic mass is 32.1. The molecule has 2 aromatic rings. The van der Waals surface area contributed by atoms with Crippen molar-refractivity contribution in [2.24, 2.45) is 0 Å². The molecule has 0 atom stereocenters. The number of nitrogens with zero attached hydrogens (tertiary/aromatic N) is 1. The van der Waals surface area contributed by atoms with E-state index in [-0.39, 0.29) is 18.4 Å². The fourth-order valence-electron chi connectivity index (χ4n) is 2.88. The van der Waals surface area contributed by atoms with Gasteiger partial charge >= 0.3 is 0 Å². The van der Waals surface area contributed by atoms with E-state index in [1.807, 2.05) is 5.38 Å².